The van der Waals surface area contributed by atoms with Crippen LogP contribution >= 0.6 is 11.8 Å². The van der Waals surface area contributed by atoms with Gasteiger partial charge in [0.2, 0.25) is 0 Å². The summed E-state index contributed by atoms with van der Waals surface area (Å²) in [6.45, 7) is 2.75. The number of phenolic OH excluding ortho intramolecular Hbond substituents is 1. The molecule has 0 saturated carbocycles. The third-order valence-corrected chi connectivity index (χ3v) is 4.90. The molecule has 1 heterocycles. The maximum atomic E-state index is 11.2. The number of rotatable bonds is 7. The van der Waals surface area contributed by atoms with Crippen LogP contribution in [-0.2, 0) is 9.59 Å². The van der Waals surface area contributed by atoms with Crippen LogP contribution in [0.5, 0.6) is 11.5 Å². The van der Waals surface area contributed by atoms with Crippen molar-refractivity contribution in [1.82, 2.24) is 0 Å². The Morgan fingerprint density at radius 1 is 1.31 bits per heavy atom. The molecule has 29 heavy (non-hydrogen) atoms. The molecule has 1 aliphatic rings. The molecule has 0 aromatic heterocycles. The zero-order valence-corrected chi connectivity index (χ0v) is 16.2. The van der Waals surface area contributed by atoms with Gasteiger partial charge in [0.25, 0.3) is 0 Å². The van der Waals surface area contributed by atoms with Gasteiger partial charge in [-0.25, -0.2) is 9.59 Å². The highest BCUT2D eigenvalue weighted by molar-refractivity contribution is 8.14. The summed E-state index contributed by atoms with van der Waals surface area (Å²) in [4.78, 5) is 24.3. The summed E-state index contributed by atoms with van der Waals surface area (Å²) in [6.07, 6.45) is -3.33. The number of unbranched alkanes of at least 4 members (excludes halogenated alkanes) is 1. The van der Waals surface area contributed by atoms with Gasteiger partial charge < -0.3 is 25.8 Å². The average molecular weight is 438 g/mol. The molecule has 1 aromatic rings. The van der Waals surface area contributed by atoms with E-state index in [1.165, 1.54) is 17.8 Å². The second kappa shape index (κ2) is 10.3. The number of hydrogen-bond donors (Lipinski definition) is 4. The van der Waals surface area contributed by atoms with Gasteiger partial charge in [0.15, 0.2) is 5.54 Å². The standard InChI is InChI=1S/C15H20N2O4S.C2HF3O2/c1-15(14(19)20)9-22-13(17-15)11-5-4-10(8-12(11)18)21-7-3-2-6-16;3-2(4,5)1(6)7/h4-5,8,18H,2-3,6-7,9,16H2,1H3,(H,19,20);(H,6,7)/t15-;/m1./s1. The summed E-state index contributed by atoms with van der Waals surface area (Å²) in [6, 6.07) is 4.97. The normalized spacial score (nSPS) is 18.4. The molecule has 1 atom stereocenters. The van der Waals surface area contributed by atoms with E-state index in [1.807, 2.05) is 0 Å². The van der Waals surface area contributed by atoms with Crippen molar-refractivity contribution in [2.24, 2.45) is 10.7 Å². The molecule has 12 heteroatoms. The summed E-state index contributed by atoms with van der Waals surface area (Å²) < 4.78 is 37.3. The SMILES string of the molecule is C[C@]1(C(=O)O)CSC(c2ccc(OCCCCN)cc2O)=N1.O=C(O)C(F)(F)F. The highest BCUT2D eigenvalue weighted by Gasteiger charge is 2.39. The number of nitrogens with two attached hydrogens (primary N) is 1. The number of carboxylic acid groups (broad SMARTS) is 2. The van der Waals surface area contributed by atoms with Crippen molar-refractivity contribution < 1.29 is 42.8 Å². The van der Waals surface area contributed by atoms with Crippen molar-refractivity contribution in [1.29, 1.82) is 0 Å². The summed E-state index contributed by atoms with van der Waals surface area (Å²) in [7, 11) is 0. The number of phenols is 1. The molecule has 1 aliphatic heterocycles. The van der Waals surface area contributed by atoms with Gasteiger partial charge in [0, 0.05) is 17.4 Å². The first-order valence-corrected chi connectivity index (χ1v) is 9.31. The van der Waals surface area contributed by atoms with E-state index in [2.05, 4.69) is 4.99 Å². The summed E-state index contributed by atoms with van der Waals surface area (Å²) in [5, 5.41) is 27.0. The Hall–Kier alpha value is -2.47. The van der Waals surface area contributed by atoms with Crippen LogP contribution in [0.4, 0.5) is 13.2 Å². The zero-order chi connectivity index (χ0) is 22.2. The monoisotopic (exact) mass is 438 g/mol. The first kappa shape index (κ1) is 24.6. The van der Waals surface area contributed by atoms with Gasteiger partial charge in [-0.2, -0.15) is 13.2 Å². The Morgan fingerprint density at radius 2 is 1.93 bits per heavy atom. The Balaban J connectivity index is 0.000000516. The van der Waals surface area contributed by atoms with E-state index in [1.54, 1.807) is 19.1 Å². The maximum Gasteiger partial charge on any atom is 0.490 e. The molecule has 0 radical (unpaired) electrons. The topological polar surface area (TPSA) is 142 Å². The van der Waals surface area contributed by atoms with Crippen LogP contribution in [0.25, 0.3) is 0 Å². The molecule has 5 N–H and O–H groups in total. The maximum absolute atomic E-state index is 11.2. The van der Waals surface area contributed by atoms with Gasteiger partial charge in [-0.3, -0.25) is 4.99 Å². The number of nitrogens with zero attached hydrogens (tertiary/aromatic N) is 1. The number of halogens is 3. The van der Waals surface area contributed by atoms with Crippen molar-refractivity contribution in [3.8, 4) is 11.5 Å². The van der Waals surface area contributed by atoms with Crippen molar-refractivity contribution >= 4 is 28.7 Å². The predicted octanol–water partition coefficient (Wildman–Crippen LogP) is 2.48. The average Bonchev–Trinajstić information content (AvgIpc) is 3.02. The molecule has 2 rings (SSSR count). The number of alkyl halides is 3. The van der Waals surface area contributed by atoms with Crippen molar-refractivity contribution in [3.05, 3.63) is 23.8 Å². The Morgan fingerprint density at radius 3 is 2.38 bits per heavy atom. The second-order valence-electron chi connectivity index (χ2n) is 6.11. The molecule has 1 aromatic carbocycles. The van der Waals surface area contributed by atoms with Crippen molar-refractivity contribution in [2.45, 2.75) is 31.5 Å². The number of hydrogen-bond acceptors (Lipinski definition) is 7. The van der Waals surface area contributed by atoms with E-state index in [-0.39, 0.29) is 5.75 Å². The van der Waals surface area contributed by atoms with Crippen LogP contribution in [0.3, 0.4) is 0 Å². The lowest BCUT2D eigenvalue weighted by Gasteiger charge is -2.11. The van der Waals surface area contributed by atoms with Crippen LogP contribution in [-0.4, -0.2) is 62.9 Å². The van der Waals surface area contributed by atoms with Crippen LogP contribution in [0, 0.1) is 0 Å². The van der Waals surface area contributed by atoms with Gasteiger partial charge in [0.05, 0.1) is 6.61 Å². The van der Waals surface area contributed by atoms with Crippen LogP contribution in [0.2, 0.25) is 0 Å². The number of aromatic hydroxyl groups is 1. The molecule has 8 nitrogen and oxygen atoms in total. The first-order valence-electron chi connectivity index (χ1n) is 8.33. The molecule has 0 fully saturated rings. The smallest absolute Gasteiger partial charge is 0.490 e. The number of aliphatic imine (C=N–C) groups is 1. The van der Waals surface area contributed by atoms with Gasteiger partial charge >= 0.3 is 18.1 Å². The van der Waals surface area contributed by atoms with Crippen molar-refractivity contribution in [3.63, 3.8) is 0 Å². The lowest BCUT2D eigenvalue weighted by molar-refractivity contribution is -0.192. The summed E-state index contributed by atoms with van der Waals surface area (Å²) >= 11 is 1.33. The Kier molecular flexibility index (Phi) is 8.77. The number of carboxylic acids is 2. The number of carbonyl (C=O) groups is 2. The number of thioether (sulfide) groups is 1. The highest BCUT2D eigenvalue weighted by atomic mass is 32.2. The molecule has 162 valence electrons. The lowest BCUT2D eigenvalue weighted by Crippen LogP contribution is -2.33. The molecular weight excluding hydrogens is 417 g/mol. The Labute approximate surface area is 168 Å². The summed E-state index contributed by atoms with van der Waals surface area (Å²) in [5.41, 5.74) is 4.81. The van der Waals surface area contributed by atoms with Gasteiger partial charge in [-0.05, 0) is 38.4 Å². The largest absolute Gasteiger partial charge is 0.507 e. The fourth-order valence-electron chi connectivity index (χ4n) is 1.96. The lowest BCUT2D eigenvalue weighted by atomic mass is 10.1. The minimum Gasteiger partial charge on any atom is -0.507 e. The number of benzene rings is 1. The molecule has 0 bridgehead atoms. The van der Waals surface area contributed by atoms with E-state index in [9.17, 15) is 28.2 Å². The first-order chi connectivity index (χ1) is 13.4. The number of ether oxygens (including phenoxy) is 1. The van der Waals surface area contributed by atoms with Crippen LogP contribution < -0.4 is 10.5 Å². The van der Waals surface area contributed by atoms with E-state index < -0.39 is 23.7 Å². The minimum atomic E-state index is -5.08. The third-order valence-electron chi connectivity index (χ3n) is 3.61. The fourth-order valence-corrected chi connectivity index (χ4v) is 3.16. The quantitative estimate of drug-likeness (QED) is 0.476. The second-order valence-corrected chi connectivity index (χ2v) is 7.07. The van der Waals surface area contributed by atoms with E-state index >= 15 is 0 Å². The van der Waals surface area contributed by atoms with E-state index in [4.69, 9.17) is 20.4 Å². The van der Waals surface area contributed by atoms with E-state index in [0.717, 1.165) is 12.8 Å². The molecule has 0 aliphatic carbocycles. The minimum absolute atomic E-state index is 0.0391. The van der Waals surface area contributed by atoms with Gasteiger partial charge in [-0.15, -0.1) is 11.8 Å². The zero-order valence-electron chi connectivity index (χ0n) is 15.4. The molecule has 0 spiro atoms. The van der Waals surface area contributed by atoms with Crippen molar-refractivity contribution in [2.75, 3.05) is 18.9 Å². The predicted molar refractivity (Wildman–Crippen MR) is 101 cm³/mol. The molecule has 0 unspecified atom stereocenters. The van der Waals surface area contributed by atoms with E-state index in [0.29, 0.717) is 35.3 Å². The summed E-state index contributed by atoms with van der Waals surface area (Å²) in [5.74, 6) is -2.75. The molecular formula is C17H21F3N2O6S. The van der Waals surface area contributed by atoms with Crippen LogP contribution in [0.1, 0.15) is 25.3 Å². The molecule has 0 saturated heterocycles. The fraction of sp³-hybridized carbons (Fsp3) is 0.471. The Bertz CT molecular complexity index is 772. The van der Waals surface area contributed by atoms with Crippen LogP contribution in [0.15, 0.2) is 23.2 Å². The third kappa shape index (κ3) is 7.46. The highest BCUT2D eigenvalue weighted by Crippen LogP contribution is 2.35. The molecule has 0 amide bonds. The van der Waals surface area contributed by atoms with Gasteiger partial charge in [-0.1, -0.05) is 0 Å². The van der Waals surface area contributed by atoms with Gasteiger partial charge in [0.1, 0.15) is 16.5 Å². The number of aliphatic carboxylic acids is 2.